The molecule has 3 atom stereocenters. The molecule has 0 aromatic heterocycles. The molecule has 0 bridgehead atoms. The van der Waals surface area contributed by atoms with Gasteiger partial charge < -0.3 is 4.74 Å². The smallest absolute Gasteiger partial charge is 0.145 e. The molecule has 0 aromatic carbocycles. The van der Waals surface area contributed by atoms with Gasteiger partial charge in [-0.1, -0.05) is 19.1 Å². The summed E-state index contributed by atoms with van der Waals surface area (Å²) in [5, 5.41) is 0. The maximum Gasteiger partial charge on any atom is 0.145 e. The van der Waals surface area contributed by atoms with Gasteiger partial charge in [0.25, 0.3) is 0 Å². The first-order chi connectivity index (χ1) is 7.52. The van der Waals surface area contributed by atoms with Gasteiger partial charge in [-0.2, -0.15) is 0 Å². The van der Waals surface area contributed by atoms with Crippen LogP contribution in [0.5, 0.6) is 0 Å². The molecule has 0 N–H and O–H groups in total. The van der Waals surface area contributed by atoms with Gasteiger partial charge in [-0.3, -0.25) is 4.79 Å². The Morgan fingerprint density at radius 3 is 2.50 bits per heavy atom. The highest BCUT2D eigenvalue weighted by Crippen LogP contribution is 2.39. The van der Waals surface area contributed by atoms with Gasteiger partial charge in [0.15, 0.2) is 0 Å². The maximum absolute atomic E-state index is 10.9. The van der Waals surface area contributed by atoms with E-state index in [1.165, 1.54) is 11.1 Å². The third-order valence-corrected chi connectivity index (χ3v) is 3.57. The van der Waals surface area contributed by atoms with E-state index in [1.54, 1.807) is 7.11 Å². The fourth-order valence-electron chi connectivity index (χ4n) is 2.77. The molecule has 16 heavy (non-hydrogen) atoms. The standard InChI is InChI=1S/C14H22O2/c1-9(2)13-10(3)6-7-12(11(4)8-15)14(13)16-5/h8,10,12,14H,4,6-7H2,1-3,5H3/t10-,12+,14-/m1/s1. The lowest BCUT2D eigenvalue weighted by Gasteiger charge is -2.37. The van der Waals surface area contributed by atoms with Crippen LogP contribution in [0, 0.1) is 11.8 Å². The lowest BCUT2D eigenvalue weighted by molar-refractivity contribution is -0.105. The Balaban J connectivity index is 3.05. The second-order valence-corrected chi connectivity index (χ2v) is 4.89. The second kappa shape index (κ2) is 5.44. The molecule has 0 spiro atoms. The van der Waals surface area contributed by atoms with E-state index in [0.717, 1.165) is 19.1 Å². The minimum Gasteiger partial charge on any atom is -0.376 e. The van der Waals surface area contributed by atoms with Gasteiger partial charge in [-0.25, -0.2) is 0 Å². The predicted octanol–water partition coefficient (Wildman–Crippen LogP) is 3.14. The summed E-state index contributed by atoms with van der Waals surface area (Å²) in [5.74, 6) is 0.703. The highest BCUT2D eigenvalue weighted by atomic mass is 16.5. The number of carbonyl (C=O) groups is 1. The third-order valence-electron chi connectivity index (χ3n) is 3.57. The van der Waals surface area contributed by atoms with Gasteiger partial charge in [0.2, 0.25) is 0 Å². The number of hydrogen-bond acceptors (Lipinski definition) is 2. The SMILES string of the molecule is C=C(C=O)[C@@H]1CC[C@@H](C)C(=C(C)C)[C@@H]1OC. The third kappa shape index (κ3) is 2.43. The van der Waals surface area contributed by atoms with E-state index in [-0.39, 0.29) is 12.0 Å². The molecule has 0 aromatic rings. The van der Waals surface area contributed by atoms with Crippen molar-refractivity contribution in [2.24, 2.45) is 11.8 Å². The van der Waals surface area contributed by atoms with Crippen molar-refractivity contribution in [1.82, 2.24) is 0 Å². The molecule has 1 aliphatic rings. The highest BCUT2D eigenvalue weighted by molar-refractivity contribution is 5.73. The minimum absolute atomic E-state index is 0.0337. The van der Waals surface area contributed by atoms with Crippen molar-refractivity contribution in [3.8, 4) is 0 Å². The number of allylic oxidation sites excluding steroid dienone is 1. The maximum atomic E-state index is 10.9. The highest BCUT2D eigenvalue weighted by Gasteiger charge is 2.34. The van der Waals surface area contributed by atoms with Crippen LogP contribution in [-0.2, 0) is 9.53 Å². The molecule has 2 nitrogen and oxygen atoms in total. The molecule has 0 saturated heterocycles. The van der Waals surface area contributed by atoms with Gasteiger partial charge in [-0.05, 0) is 43.8 Å². The van der Waals surface area contributed by atoms with Crippen molar-refractivity contribution in [3.05, 3.63) is 23.3 Å². The van der Waals surface area contributed by atoms with Gasteiger partial charge in [-0.15, -0.1) is 0 Å². The summed E-state index contributed by atoms with van der Waals surface area (Å²) in [5.41, 5.74) is 3.32. The van der Waals surface area contributed by atoms with Crippen LogP contribution in [0.4, 0.5) is 0 Å². The fraction of sp³-hybridized carbons (Fsp3) is 0.643. The molecule has 90 valence electrons. The fourth-order valence-corrected chi connectivity index (χ4v) is 2.77. The van der Waals surface area contributed by atoms with Crippen molar-refractivity contribution < 1.29 is 9.53 Å². The molecule has 0 unspecified atom stereocenters. The molecule has 1 saturated carbocycles. The summed E-state index contributed by atoms with van der Waals surface area (Å²) >= 11 is 0. The van der Waals surface area contributed by atoms with Crippen LogP contribution >= 0.6 is 0 Å². The van der Waals surface area contributed by atoms with Crippen LogP contribution in [0.15, 0.2) is 23.3 Å². The second-order valence-electron chi connectivity index (χ2n) is 4.89. The molecular formula is C14H22O2. The predicted molar refractivity (Wildman–Crippen MR) is 66.3 cm³/mol. The summed E-state index contributed by atoms with van der Waals surface area (Å²) in [4.78, 5) is 10.9. The van der Waals surface area contributed by atoms with Crippen LogP contribution in [0.3, 0.4) is 0 Å². The molecule has 0 aliphatic heterocycles. The van der Waals surface area contributed by atoms with Gasteiger partial charge in [0, 0.05) is 13.0 Å². The summed E-state index contributed by atoms with van der Waals surface area (Å²) in [6.45, 7) is 10.3. The van der Waals surface area contributed by atoms with Crippen LogP contribution < -0.4 is 0 Å². The van der Waals surface area contributed by atoms with Gasteiger partial charge >= 0.3 is 0 Å². The zero-order chi connectivity index (χ0) is 12.3. The quantitative estimate of drug-likeness (QED) is 0.416. The van der Waals surface area contributed by atoms with E-state index in [4.69, 9.17) is 4.74 Å². The van der Waals surface area contributed by atoms with Crippen LogP contribution in [0.1, 0.15) is 33.6 Å². The Kier molecular flexibility index (Phi) is 4.48. The van der Waals surface area contributed by atoms with Gasteiger partial charge in [0.1, 0.15) is 6.29 Å². The monoisotopic (exact) mass is 222 g/mol. The molecule has 0 heterocycles. The molecule has 1 rings (SSSR count). The minimum atomic E-state index is 0.0337. The van der Waals surface area contributed by atoms with Crippen molar-refractivity contribution >= 4 is 6.29 Å². The van der Waals surface area contributed by atoms with E-state index in [2.05, 4.69) is 27.4 Å². The average molecular weight is 222 g/mol. The Morgan fingerprint density at radius 1 is 1.44 bits per heavy atom. The Labute approximate surface area is 98.4 Å². The number of hydrogen-bond donors (Lipinski definition) is 0. The Bertz CT molecular complexity index is 311. The van der Waals surface area contributed by atoms with E-state index < -0.39 is 0 Å². The average Bonchev–Trinajstić information content (AvgIpc) is 2.26. The number of aldehydes is 1. The van der Waals surface area contributed by atoms with Crippen LogP contribution in [-0.4, -0.2) is 19.5 Å². The summed E-state index contributed by atoms with van der Waals surface area (Å²) < 4.78 is 5.59. The van der Waals surface area contributed by atoms with Crippen LogP contribution in [0.2, 0.25) is 0 Å². The largest absolute Gasteiger partial charge is 0.376 e. The summed E-state index contributed by atoms with van der Waals surface area (Å²) in [6.07, 6.45) is 3.01. The molecular weight excluding hydrogens is 200 g/mol. The number of ether oxygens (including phenoxy) is 1. The molecule has 1 fully saturated rings. The first kappa shape index (κ1) is 13.2. The van der Waals surface area contributed by atoms with Crippen molar-refractivity contribution in [3.63, 3.8) is 0 Å². The number of methoxy groups -OCH3 is 1. The zero-order valence-corrected chi connectivity index (χ0v) is 10.7. The first-order valence-electron chi connectivity index (χ1n) is 5.87. The number of carbonyl (C=O) groups excluding carboxylic acids is 1. The summed E-state index contributed by atoms with van der Waals surface area (Å²) in [7, 11) is 1.72. The van der Waals surface area contributed by atoms with Crippen molar-refractivity contribution in [1.29, 1.82) is 0 Å². The molecule has 0 radical (unpaired) electrons. The summed E-state index contributed by atoms with van der Waals surface area (Å²) in [6, 6.07) is 0. The number of rotatable bonds is 3. The molecule has 1 aliphatic carbocycles. The Morgan fingerprint density at radius 2 is 2.06 bits per heavy atom. The lowest BCUT2D eigenvalue weighted by Crippen LogP contribution is -2.35. The van der Waals surface area contributed by atoms with Crippen molar-refractivity contribution in [2.45, 2.75) is 39.7 Å². The Hall–Kier alpha value is -0.890. The first-order valence-corrected chi connectivity index (χ1v) is 5.87. The van der Waals surface area contributed by atoms with E-state index in [9.17, 15) is 4.79 Å². The van der Waals surface area contributed by atoms with E-state index in [1.807, 2.05) is 0 Å². The van der Waals surface area contributed by atoms with Gasteiger partial charge in [0.05, 0.1) is 6.10 Å². The molecule has 2 heteroatoms. The zero-order valence-electron chi connectivity index (χ0n) is 10.7. The molecule has 0 amide bonds. The van der Waals surface area contributed by atoms with E-state index in [0.29, 0.717) is 11.5 Å². The lowest BCUT2D eigenvalue weighted by atomic mass is 9.73. The van der Waals surface area contributed by atoms with Crippen molar-refractivity contribution in [2.75, 3.05) is 7.11 Å². The topological polar surface area (TPSA) is 26.3 Å². The van der Waals surface area contributed by atoms with E-state index >= 15 is 0 Å². The normalized spacial score (nSPS) is 30.0. The van der Waals surface area contributed by atoms with Crippen LogP contribution in [0.25, 0.3) is 0 Å².